The van der Waals surface area contributed by atoms with Crippen LogP contribution in [0.1, 0.15) is 18.6 Å². The number of aliphatic hydroxyl groups excluding tert-OH is 1. The lowest BCUT2D eigenvalue weighted by Gasteiger charge is -2.10. The largest absolute Gasteiger partial charge is 0.380 e. The quantitative estimate of drug-likeness (QED) is 0.621. The SMILES string of the molecule is C=C/C=C(\C=C/C)C(=O)C(O)c1ccccc1. The van der Waals surface area contributed by atoms with Gasteiger partial charge in [0.2, 0.25) is 0 Å². The molecule has 0 heterocycles. The third-order valence-electron chi connectivity index (χ3n) is 2.29. The van der Waals surface area contributed by atoms with Gasteiger partial charge < -0.3 is 5.11 Å². The number of hydrogen-bond acceptors (Lipinski definition) is 2. The highest BCUT2D eigenvalue weighted by Gasteiger charge is 2.18. The van der Waals surface area contributed by atoms with Crippen molar-refractivity contribution in [3.8, 4) is 0 Å². The van der Waals surface area contributed by atoms with E-state index in [-0.39, 0.29) is 5.78 Å². The summed E-state index contributed by atoms with van der Waals surface area (Å²) in [4.78, 5) is 12.0. The Kier molecular flexibility index (Phi) is 5.11. The second kappa shape index (κ2) is 6.61. The first-order valence-electron chi connectivity index (χ1n) is 5.43. The molecule has 2 heteroatoms. The molecule has 0 aliphatic carbocycles. The third-order valence-corrected chi connectivity index (χ3v) is 2.29. The zero-order chi connectivity index (χ0) is 12.7. The van der Waals surface area contributed by atoms with Gasteiger partial charge in [-0.1, -0.05) is 61.2 Å². The molecule has 0 amide bonds. The van der Waals surface area contributed by atoms with Gasteiger partial charge in [-0.3, -0.25) is 4.79 Å². The Morgan fingerprint density at radius 2 is 2.00 bits per heavy atom. The van der Waals surface area contributed by atoms with E-state index < -0.39 is 6.10 Å². The van der Waals surface area contributed by atoms with E-state index in [0.29, 0.717) is 11.1 Å². The van der Waals surface area contributed by atoms with Crippen LogP contribution in [0, 0.1) is 0 Å². The topological polar surface area (TPSA) is 37.3 Å². The van der Waals surface area contributed by atoms with Crippen molar-refractivity contribution in [2.75, 3.05) is 0 Å². The Hall–Kier alpha value is -1.93. The van der Waals surface area contributed by atoms with E-state index in [0.717, 1.165) is 0 Å². The average Bonchev–Trinajstić information content (AvgIpc) is 2.38. The van der Waals surface area contributed by atoms with E-state index in [1.54, 1.807) is 42.5 Å². The van der Waals surface area contributed by atoms with Crippen LogP contribution in [0.25, 0.3) is 0 Å². The Balaban J connectivity index is 2.96. The summed E-state index contributed by atoms with van der Waals surface area (Å²) in [6.45, 7) is 5.37. The molecule has 0 fully saturated rings. The molecule has 17 heavy (non-hydrogen) atoms. The summed E-state index contributed by atoms with van der Waals surface area (Å²) in [5.74, 6) is -0.325. The molecule has 1 N–H and O–H groups in total. The lowest BCUT2D eigenvalue weighted by molar-refractivity contribution is -0.123. The normalized spacial score (nSPS) is 13.6. The molecule has 1 atom stereocenters. The van der Waals surface area contributed by atoms with Crippen LogP contribution in [-0.2, 0) is 4.79 Å². The summed E-state index contributed by atoms with van der Waals surface area (Å²) in [7, 11) is 0. The molecule has 88 valence electrons. The minimum atomic E-state index is -1.13. The molecule has 0 radical (unpaired) electrons. The summed E-state index contributed by atoms with van der Waals surface area (Å²) in [6, 6.07) is 8.87. The highest BCUT2D eigenvalue weighted by atomic mass is 16.3. The first-order valence-corrected chi connectivity index (χ1v) is 5.43. The molecular formula is C15H16O2. The van der Waals surface area contributed by atoms with Crippen molar-refractivity contribution in [2.24, 2.45) is 0 Å². The van der Waals surface area contributed by atoms with Crippen LogP contribution in [-0.4, -0.2) is 10.9 Å². The molecule has 0 spiro atoms. The minimum absolute atomic E-state index is 0.325. The number of carbonyl (C=O) groups is 1. The van der Waals surface area contributed by atoms with E-state index >= 15 is 0 Å². The zero-order valence-corrected chi connectivity index (χ0v) is 9.84. The number of ketones is 1. The summed E-state index contributed by atoms with van der Waals surface area (Å²) in [6.07, 6.45) is 5.42. The van der Waals surface area contributed by atoms with Gasteiger partial charge in [-0.2, -0.15) is 0 Å². The highest BCUT2D eigenvalue weighted by molar-refractivity contribution is 6.01. The van der Waals surface area contributed by atoms with E-state index in [1.807, 2.05) is 13.0 Å². The van der Waals surface area contributed by atoms with Crippen LogP contribution in [0.15, 0.2) is 66.8 Å². The predicted molar refractivity (Wildman–Crippen MR) is 69.5 cm³/mol. The van der Waals surface area contributed by atoms with E-state index in [4.69, 9.17) is 0 Å². The Morgan fingerprint density at radius 1 is 1.35 bits per heavy atom. The number of benzene rings is 1. The summed E-state index contributed by atoms with van der Waals surface area (Å²) < 4.78 is 0. The van der Waals surface area contributed by atoms with Gasteiger partial charge in [0.1, 0.15) is 6.10 Å². The van der Waals surface area contributed by atoms with Gasteiger partial charge in [-0.25, -0.2) is 0 Å². The molecule has 0 aliphatic rings. The molecule has 0 aromatic heterocycles. The standard InChI is InChI=1S/C15H16O2/c1-3-8-12(9-4-2)14(16)15(17)13-10-6-5-7-11-13/h3-11,15,17H,1H2,2H3/b9-4-,12-8+. The van der Waals surface area contributed by atoms with Gasteiger partial charge >= 0.3 is 0 Å². The van der Waals surface area contributed by atoms with Crippen LogP contribution in [0.3, 0.4) is 0 Å². The lowest BCUT2D eigenvalue weighted by atomic mass is 9.99. The lowest BCUT2D eigenvalue weighted by Crippen LogP contribution is -2.13. The average molecular weight is 228 g/mol. The molecule has 0 aliphatic heterocycles. The predicted octanol–water partition coefficient (Wildman–Crippen LogP) is 2.98. The number of Topliss-reactive ketones (excluding diaryl/α,β-unsaturated/α-hetero) is 1. The molecule has 0 saturated carbocycles. The number of allylic oxidation sites excluding steroid dienone is 4. The van der Waals surface area contributed by atoms with Gasteiger partial charge in [-0.05, 0) is 12.5 Å². The van der Waals surface area contributed by atoms with Crippen molar-refractivity contribution in [1.29, 1.82) is 0 Å². The van der Waals surface area contributed by atoms with Crippen LogP contribution in [0.5, 0.6) is 0 Å². The minimum Gasteiger partial charge on any atom is -0.380 e. The second-order valence-electron chi connectivity index (χ2n) is 3.54. The molecule has 0 bridgehead atoms. The molecular weight excluding hydrogens is 212 g/mol. The summed E-state index contributed by atoms with van der Waals surface area (Å²) in [5.41, 5.74) is 1.04. The highest BCUT2D eigenvalue weighted by Crippen LogP contribution is 2.18. The first-order chi connectivity index (χ1) is 8.20. The number of rotatable bonds is 5. The van der Waals surface area contributed by atoms with Crippen LogP contribution >= 0.6 is 0 Å². The van der Waals surface area contributed by atoms with Crippen molar-refractivity contribution in [3.05, 3.63) is 72.4 Å². The number of hydrogen-bond donors (Lipinski definition) is 1. The van der Waals surface area contributed by atoms with Crippen molar-refractivity contribution >= 4 is 5.78 Å². The molecule has 0 saturated heterocycles. The summed E-state index contributed by atoms with van der Waals surface area (Å²) >= 11 is 0. The monoisotopic (exact) mass is 228 g/mol. The van der Waals surface area contributed by atoms with Crippen molar-refractivity contribution < 1.29 is 9.90 Å². The molecule has 1 rings (SSSR count). The maximum Gasteiger partial charge on any atom is 0.195 e. The van der Waals surface area contributed by atoms with Gasteiger partial charge in [0.15, 0.2) is 5.78 Å². The second-order valence-corrected chi connectivity index (χ2v) is 3.54. The Labute approximate surface area is 102 Å². The molecule has 2 nitrogen and oxygen atoms in total. The van der Waals surface area contributed by atoms with E-state index in [2.05, 4.69) is 6.58 Å². The number of aliphatic hydroxyl groups is 1. The maximum atomic E-state index is 12.0. The van der Waals surface area contributed by atoms with Crippen LogP contribution < -0.4 is 0 Å². The fourth-order valence-electron chi connectivity index (χ4n) is 1.47. The maximum absolute atomic E-state index is 12.0. The number of carbonyl (C=O) groups excluding carboxylic acids is 1. The molecule has 1 aromatic carbocycles. The van der Waals surface area contributed by atoms with Gasteiger partial charge in [0.05, 0.1) is 0 Å². The van der Waals surface area contributed by atoms with Crippen LogP contribution in [0.2, 0.25) is 0 Å². The summed E-state index contributed by atoms with van der Waals surface area (Å²) in [5, 5.41) is 9.95. The van der Waals surface area contributed by atoms with Crippen LogP contribution in [0.4, 0.5) is 0 Å². The third kappa shape index (κ3) is 3.54. The fourth-order valence-corrected chi connectivity index (χ4v) is 1.47. The fraction of sp³-hybridized carbons (Fsp3) is 0.133. The van der Waals surface area contributed by atoms with Crippen molar-refractivity contribution in [2.45, 2.75) is 13.0 Å². The Morgan fingerprint density at radius 3 is 2.53 bits per heavy atom. The van der Waals surface area contributed by atoms with E-state index in [9.17, 15) is 9.90 Å². The van der Waals surface area contributed by atoms with Crippen molar-refractivity contribution in [1.82, 2.24) is 0 Å². The van der Waals surface area contributed by atoms with E-state index in [1.165, 1.54) is 6.08 Å². The zero-order valence-electron chi connectivity index (χ0n) is 9.84. The van der Waals surface area contributed by atoms with Crippen molar-refractivity contribution in [3.63, 3.8) is 0 Å². The smallest absolute Gasteiger partial charge is 0.195 e. The molecule has 1 unspecified atom stereocenters. The van der Waals surface area contributed by atoms with Gasteiger partial charge in [0.25, 0.3) is 0 Å². The first kappa shape index (κ1) is 13.1. The van der Waals surface area contributed by atoms with Gasteiger partial charge in [0, 0.05) is 5.57 Å². The van der Waals surface area contributed by atoms with Gasteiger partial charge in [-0.15, -0.1) is 0 Å². The Bertz CT molecular complexity index is 441. The molecule has 1 aromatic rings.